The second kappa shape index (κ2) is 2.97. The molecular weight excluding hydrogens is 207 g/mol. The Morgan fingerprint density at radius 2 is 2.09 bits per heavy atom. The molecule has 1 atom stereocenters. The number of aromatic hydroxyl groups is 1. The van der Waals surface area contributed by atoms with E-state index in [0.717, 1.165) is 4.35 Å². The van der Waals surface area contributed by atoms with E-state index in [4.69, 9.17) is 10.2 Å². The van der Waals surface area contributed by atoms with Crippen LogP contribution in [0.15, 0.2) is 18.2 Å². The number of aromatic carboxylic acids is 1. The Kier molecular flexibility index (Phi) is 2.20. The molecule has 1 rings (SSSR count). The van der Waals surface area contributed by atoms with E-state index in [9.17, 15) is 4.79 Å². The molecule has 0 amide bonds. The Bertz CT molecular complexity index is 296. The summed E-state index contributed by atoms with van der Waals surface area (Å²) in [5.41, 5.74) is -0.0496. The van der Waals surface area contributed by atoms with Gasteiger partial charge in [-0.05, 0) is 0 Å². The van der Waals surface area contributed by atoms with E-state index >= 15 is 0 Å². The minimum absolute atomic E-state index is 0.0496. The van der Waals surface area contributed by atoms with Gasteiger partial charge in [0.1, 0.15) is 0 Å². The molecule has 0 aliphatic rings. The predicted molar refractivity (Wildman–Crippen MR) is 43.2 cm³/mol. The van der Waals surface area contributed by atoms with Crippen molar-refractivity contribution in [3.05, 3.63) is 23.8 Å². The summed E-state index contributed by atoms with van der Waals surface area (Å²) >= 11 is 1.35. The normalized spacial score (nSPS) is 9.55. The van der Waals surface area contributed by atoms with Crippen molar-refractivity contribution in [2.45, 2.75) is 0 Å². The number of rotatable bonds is 1. The number of benzene rings is 1. The molecule has 0 radical (unpaired) electrons. The Labute approximate surface area is 72.2 Å². The van der Waals surface area contributed by atoms with Crippen molar-refractivity contribution in [3.63, 3.8) is 0 Å². The molecule has 0 aromatic heterocycles. The van der Waals surface area contributed by atoms with Crippen molar-refractivity contribution in [1.82, 2.24) is 0 Å². The topological polar surface area (TPSA) is 57.5 Å². The fraction of sp³-hybridized carbons (Fsp3) is 0. The predicted octanol–water partition coefficient (Wildman–Crippen LogP) is -0.651. The summed E-state index contributed by atoms with van der Waals surface area (Å²) in [5.74, 6) is -1.27. The third-order valence-corrected chi connectivity index (χ3v) is 2.01. The van der Waals surface area contributed by atoms with Crippen LogP contribution in [0.2, 0.25) is 0 Å². The van der Waals surface area contributed by atoms with Crippen LogP contribution in [0, 0.1) is 0 Å². The third-order valence-electron chi connectivity index (χ3n) is 1.25. The van der Waals surface area contributed by atoms with Crippen molar-refractivity contribution < 1.29 is 15.0 Å². The molecule has 0 aliphatic heterocycles. The molecule has 3 nitrogen and oxygen atoms in total. The molecule has 0 bridgehead atoms. The molecule has 0 heterocycles. The van der Waals surface area contributed by atoms with E-state index in [-0.39, 0.29) is 11.3 Å². The molecule has 0 fully saturated rings. The average Bonchev–Trinajstić information content (AvgIpc) is 1.85. The van der Waals surface area contributed by atoms with Crippen LogP contribution in [0.25, 0.3) is 0 Å². The first kappa shape index (κ1) is 8.15. The summed E-state index contributed by atoms with van der Waals surface area (Å²) < 4.78 is 0.903. The summed E-state index contributed by atoms with van der Waals surface area (Å²) in [6.07, 6.45) is 0. The van der Waals surface area contributed by atoms with E-state index in [0.29, 0.717) is 0 Å². The zero-order valence-corrected chi connectivity index (χ0v) is 8.03. The summed E-state index contributed by atoms with van der Waals surface area (Å²) in [4.78, 5) is 10.4. The van der Waals surface area contributed by atoms with Gasteiger partial charge in [0.2, 0.25) is 0 Å². The number of carbonyl (C=O) groups is 1. The molecule has 0 aliphatic carbocycles. The van der Waals surface area contributed by atoms with Gasteiger partial charge < -0.3 is 0 Å². The summed E-state index contributed by atoms with van der Waals surface area (Å²) in [5, 5.41) is 17.6. The monoisotopic (exact) mass is 214 g/mol. The van der Waals surface area contributed by atoms with Crippen molar-refractivity contribution >= 4 is 27.2 Å². The third kappa shape index (κ3) is 1.75. The second-order valence-electron chi connectivity index (χ2n) is 2.08. The SMILES string of the molecule is O=C(O)c1ccc([AsH2])cc1O. The Morgan fingerprint density at radius 3 is 2.55 bits per heavy atom. The molecule has 1 aromatic rings. The molecule has 58 valence electrons. The first-order chi connectivity index (χ1) is 5.11. The van der Waals surface area contributed by atoms with Gasteiger partial charge >= 0.3 is 71.7 Å². The number of hydrogen-bond acceptors (Lipinski definition) is 2. The quantitative estimate of drug-likeness (QED) is 0.610. The molecule has 4 heteroatoms. The van der Waals surface area contributed by atoms with Crippen LogP contribution in [0.1, 0.15) is 10.4 Å². The summed E-state index contributed by atoms with van der Waals surface area (Å²) in [7, 11) is 0. The van der Waals surface area contributed by atoms with Gasteiger partial charge in [-0.15, -0.1) is 0 Å². The Balaban J connectivity index is 3.20. The van der Waals surface area contributed by atoms with Crippen LogP contribution in [-0.2, 0) is 0 Å². The molecule has 11 heavy (non-hydrogen) atoms. The minimum atomic E-state index is -1.10. The fourth-order valence-corrected chi connectivity index (χ4v) is 1.26. The molecule has 0 saturated heterocycles. The maximum atomic E-state index is 10.4. The van der Waals surface area contributed by atoms with Gasteiger partial charge in [-0.2, -0.15) is 0 Å². The van der Waals surface area contributed by atoms with Crippen molar-refractivity contribution in [2.75, 3.05) is 0 Å². The standard InChI is InChI=1S/C7H7AsO3/c8-4-1-2-5(7(10)11)6(9)3-4/h1-3,9H,8H2,(H,10,11). The molecule has 1 aromatic carbocycles. The van der Waals surface area contributed by atoms with Crippen LogP contribution in [0.3, 0.4) is 0 Å². The fourth-order valence-electron chi connectivity index (χ4n) is 0.730. The maximum absolute atomic E-state index is 10.4. The zero-order valence-electron chi connectivity index (χ0n) is 5.61. The molecule has 1 unspecified atom stereocenters. The first-order valence-corrected chi connectivity index (χ1v) is 4.14. The van der Waals surface area contributed by atoms with Gasteiger partial charge in [0.25, 0.3) is 0 Å². The molecular formula is C7H7AsO3. The van der Waals surface area contributed by atoms with Crippen LogP contribution in [0.4, 0.5) is 0 Å². The zero-order chi connectivity index (χ0) is 8.43. The van der Waals surface area contributed by atoms with Gasteiger partial charge in [0, 0.05) is 0 Å². The van der Waals surface area contributed by atoms with Gasteiger partial charge in [-0.3, -0.25) is 0 Å². The average molecular weight is 214 g/mol. The summed E-state index contributed by atoms with van der Waals surface area (Å²) in [6, 6.07) is 4.52. The molecule has 0 saturated carbocycles. The first-order valence-electron chi connectivity index (χ1n) is 2.93. The Morgan fingerprint density at radius 1 is 1.45 bits per heavy atom. The number of phenols is 1. The van der Waals surface area contributed by atoms with E-state index in [1.165, 1.54) is 29.0 Å². The van der Waals surface area contributed by atoms with Gasteiger partial charge in [-0.1, -0.05) is 0 Å². The van der Waals surface area contributed by atoms with Gasteiger partial charge in [-0.25, -0.2) is 0 Å². The van der Waals surface area contributed by atoms with Gasteiger partial charge in [0.15, 0.2) is 0 Å². The van der Waals surface area contributed by atoms with E-state index < -0.39 is 5.97 Å². The summed E-state index contributed by atoms with van der Waals surface area (Å²) in [6.45, 7) is 0. The van der Waals surface area contributed by atoms with Crippen molar-refractivity contribution in [1.29, 1.82) is 0 Å². The van der Waals surface area contributed by atoms with E-state index in [2.05, 4.69) is 0 Å². The molecule has 0 spiro atoms. The van der Waals surface area contributed by atoms with Crippen LogP contribution in [-0.4, -0.2) is 33.0 Å². The van der Waals surface area contributed by atoms with E-state index in [1.807, 2.05) is 0 Å². The Hall–Kier alpha value is -0.952. The second-order valence-corrected chi connectivity index (χ2v) is 3.48. The van der Waals surface area contributed by atoms with Crippen LogP contribution >= 0.6 is 0 Å². The van der Waals surface area contributed by atoms with Crippen LogP contribution < -0.4 is 4.35 Å². The van der Waals surface area contributed by atoms with Crippen LogP contribution in [0.5, 0.6) is 5.75 Å². The van der Waals surface area contributed by atoms with Gasteiger partial charge in [0.05, 0.1) is 0 Å². The molecule has 2 N–H and O–H groups in total. The van der Waals surface area contributed by atoms with Crippen molar-refractivity contribution in [3.8, 4) is 5.75 Å². The van der Waals surface area contributed by atoms with E-state index in [1.54, 1.807) is 6.07 Å². The van der Waals surface area contributed by atoms with Crippen molar-refractivity contribution in [2.24, 2.45) is 0 Å². The number of carboxylic acid groups (broad SMARTS) is 1. The number of hydrogen-bond donors (Lipinski definition) is 2. The number of carboxylic acids is 1.